The standard InChI is InChI=1S/C26H25N5O3S/c1-17-13-14-18(15-23(17)35(32,33)30(2)3)25-19-9-5-6-10-20(19)26(29-28-25)34-16-24-27-21-11-7-8-12-22(21)31(24)4/h5-15H,16H2,1-4H3. The Balaban J connectivity index is 1.54. The van der Waals surface area contributed by atoms with E-state index in [1.54, 1.807) is 19.1 Å². The monoisotopic (exact) mass is 487 g/mol. The van der Waals surface area contributed by atoms with E-state index in [1.165, 1.54) is 18.4 Å². The van der Waals surface area contributed by atoms with Gasteiger partial charge in [0.25, 0.3) is 0 Å². The third-order valence-corrected chi connectivity index (χ3v) is 8.05. The summed E-state index contributed by atoms with van der Waals surface area (Å²) in [6.45, 7) is 2.01. The smallest absolute Gasteiger partial charge is 0.242 e. The normalized spacial score (nSPS) is 12.0. The van der Waals surface area contributed by atoms with E-state index in [-0.39, 0.29) is 11.5 Å². The summed E-state index contributed by atoms with van der Waals surface area (Å²) in [7, 11) is 1.40. The van der Waals surface area contributed by atoms with Crippen LogP contribution in [0.4, 0.5) is 0 Å². The first-order valence-electron chi connectivity index (χ1n) is 11.1. The fraction of sp³-hybridized carbons (Fsp3) is 0.192. The van der Waals surface area contributed by atoms with Gasteiger partial charge in [-0.2, -0.15) is 0 Å². The number of aryl methyl sites for hydroxylation is 2. The molecule has 2 heterocycles. The maximum Gasteiger partial charge on any atom is 0.242 e. The summed E-state index contributed by atoms with van der Waals surface area (Å²) in [5, 5.41) is 10.4. The van der Waals surface area contributed by atoms with Gasteiger partial charge in [-0.1, -0.05) is 42.5 Å². The van der Waals surface area contributed by atoms with Crippen molar-refractivity contribution in [3.05, 3.63) is 78.1 Å². The maximum absolute atomic E-state index is 12.8. The highest BCUT2D eigenvalue weighted by Crippen LogP contribution is 2.33. The minimum absolute atomic E-state index is 0.235. The Bertz CT molecular complexity index is 1680. The zero-order valence-corrected chi connectivity index (χ0v) is 20.7. The van der Waals surface area contributed by atoms with Crippen molar-refractivity contribution in [2.75, 3.05) is 14.1 Å². The summed E-state index contributed by atoms with van der Waals surface area (Å²) >= 11 is 0. The Kier molecular flexibility index (Phi) is 5.74. The fourth-order valence-electron chi connectivity index (χ4n) is 4.08. The summed E-state index contributed by atoms with van der Waals surface area (Å²) in [6, 6.07) is 20.9. The lowest BCUT2D eigenvalue weighted by Gasteiger charge is -2.15. The largest absolute Gasteiger partial charge is 0.468 e. The zero-order valence-electron chi connectivity index (χ0n) is 19.9. The van der Waals surface area contributed by atoms with Crippen molar-refractivity contribution in [1.29, 1.82) is 0 Å². The van der Waals surface area contributed by atoms with Crippen molar-refractivity contribution in [2.45, 2.75) is 18.4 Å². The fourth-order valence-corrected chi connectivity index (χ4v) is 5.22. The number of imidazole rings is 1. The number of nitrogens with zero attached hydrogens (tertiary/aromatic N) is 5. The first-order chi connectivity index (χ1) is 16.8. The molecule has 0 unspecified atom stereocenters. The summed E-state index contributed by atoms with van der Waals surface area (Å²) in [4.78, 5) is 4.90. The number of sulfonamides is 1. The molecule has 3 aromatic carbocycles. The van der Waals surface area contributed by atoms with Crippen LogP contribution in [0.25, 0.3) is 33.1 Å². The number of rotatable bonds is 6. The second kappa shape index (κ2) is 8.75. The van der Waals surface area contributed by atoms with Crippen molar-refractivity contribution in [2.24, 2.45) is 7.05 Å². The molecule has 0 spiro atoms. The quantitative estimate of drug-likeness (QED) is 0.354. The second-order valence-electron chi connectivity index (χ2n) is 8.53. The average Bonchev–Trinajstić information content (AvgIpc) is 3.18. The lowest BCUT2D eigenvalue weighted by molar-refractivity contribution is 0.282. The summed E-state index contributed by atoms with van der Waals surface area (Å²) in [5.74, 6) is 1.17. The molecule has 0 atom stereocenters. The van der Waals surface area contributed by atoms with Crippen LogP contribution >= 0.6 is 0 Å². The molecular weight excluding hydrogens is 462 g/mol. The Hall–Kier alpha value is -3.82. The van der Waals surface area contributed by atoms with Crippen molar-refractivity contribution >= 4 is 31.8 Å². The Morgan fingerprint density at radius 2 is 1.66 bits per heavy atom. The van der Waals surface area contributed by atoms with Gasteiger partial charge in [-0.15, -0.1) is 10.2 Å². The van der Waals surface area contributed by atoms with Crippen LogP contribution in [0.15, 0.2) is 71.6 Å². The third-order valence-electron chi connectivity index (χ3n) is 6.09. The molecule has 0 radical (unpaired) electrons. The van der Waals surface area contributed by atoms with E-state index in [9.17, 15) is 8.42 Å². The van der Waals surface area contributed by atoms with E-state index in [0.29, 0.717) is 22.7 Å². The van der Waals surface area contributed by atoms with Gasteiger partial charge in [0.2, 0.25) is 15.9 Å². The van der Waals surface area contributed by atoms with Gasteiger partial charge >= 0.3 is 0 Å². The highest BCUT2D eigenvalue weighted by molar-refractivity contribution is 7.89. The first kappa shape index (κ1) is 22.9. The van der Waals surface area contributed by atoms with Crippen molar-refractivity contribution in [3.63, 3.8) is 0 Å². The zero-order chi connectivity index (χ0) is 24.7. The number of aromatic nitrogens is 4. The molecule has 5 aromatic rings. The van der Waals surface area contributed by atoms with Gasteiger partial charge < -0.3 is 9.30 Å². The molecule has 0 saturated heterocycles. The molecule has 0 fully saturated rings. The van der Waals surface area contributed by atoms with Crippen LogP contribution in [-0.2, 0) is 23.7 Å². The highest BCUT2D eigenvalue weighted by atomic mass is 32.2. The predicted octanol–water partition coefficient (Wildman–Crippen LogP) is 4.32. The van der Waals surface area contributed by atoms with E-state index < -0.39 is 10.0 Å². The van der Waals surface area contributed by atoms with Gasteiger partial charge in [0.1, 0.15) is 18.1 Å². The molecule has 0 saturated carbocycles. The van der Waals surface area contributed by atoms with Crippen LogP contribution in [0.5, 0.6) is 5.88 Å². The SMILES string of the molecule is Cc1ccc(-c2nnc(OCc3nc4ccccc4n3C)c3ccccc23)cc1S(=O)(=O)N(C)C. The molecule has 0 aliphatic rings. The van der Waals surface area contributed by atoms with Gasteiger partial charge in [-0.05, 0) is 36.8 Å². The molecule has 9 heteroatoms. The molecule has 0 bridgehead atoms. The Labute approximate surface area is 203 Å². The van der Waals surface area contributed by atoms with Crippen molar-refractivity contribution in [3.8, 4) is 17.1 Å². The molecule has 8 nitrogen and oxygen atoms in total. The van der Waals surface area contributed by atoms with Crippen LogP contribution in [0.2, 0.25) is 0 Å². The topological polar surface area (TPSA) is 90.2 Å². The molecule has 5 rings (SSSR count). The third kappa shape index (κ3) is 4.02. The average molecular weight is 488 g/mol. The molecule has 0 N–H and O–H groups in total. The van der Waals surface area contributed by atoms with Crippen LogP contribution in [-0.4, -0.2) is 46.6 Å². The first-order valence-corrected chi connectivity index (χ1v) is 12.5. The number of hydrogen-bond donors (Lipinski definition) is 0. The lowest BCUT2D eigenvalue weighted by atomic mass is 10.0. The van der Waals surface area contributed by atoms with Gasteiger partial charge in [-0.3, -0.25) is 0 Å². The van der Waals surface area contributed by atoms with Gasteiger partial charge in [0, 0.05) is 37.5 Å². The van der Waals surface area contributed by atoms with E-state index in [2.05, 4.69) is 15.2 Å². The minimum Gasteiger partial charge on any atom is -0.468 e. The Morgan fingerprint density at radius 3 is 2.40 bits per heavy atom. The van der Waals surface area contributed by atoms with Gasteiger partial charge in [-0.25, -0.2) is 17.7 Å². The van der Waals surface area contributed by atoms with E-state index in [1.807, 2.05) is 66.2 Å². The molecule has 35 heavy (non-hydrogen) atoms. The van der Waals surface area contributed by atoms with Crippen LogP contribution in [0.1, 0.15) is 11.4 Å². The molecular formula is C26H25N5O3S. The number of para-hydroxylation sites is 2. The number of hydrogen-bond acceptors (Lipinski definition) is 6. The van der Waals surface area contributed by atoms with Crippen LogP contribution in [0, 0.1) is 6.92 Å². The lowest BCUT2D eigenvalue weighted by Crippen LogP contribution is -2.23. The van der Waals surface area contributed by atoms with Crippen LogP contribution < -0.4 is 4.74 Å². The summed E-state index contributed by atoms with van der Waals surface area (Å²) < 4.78 is 34.9. The Morgan fingerprint density at radius 1 is 0.943 bits per heavy atom. The van der Waals surface area contributed by atoms with Gasteiger partial charge in [0.05, 0.1) is 15.9 Å². The highest BCUT2D eigenvalue weighted by Gasteiger charge is 2.22. The maximum atomic E-state index is 12.8. The van der Waals surface area contributed by atoms with E-state index in [0.717, 1.165) is 27.6 Å². The van der Waals surface area contributed by atoms with E-state index in [4.69, 9.17) is 4.74 Å². The van der Waals surface area contributed by atoms with Crippen LogP contribution in [0.3, 0.4) is 0 Å². The second-order valence-corrected chi connectivity index (χ2v) is 10.7. The molecule has 0 amide bonds. The molecule has 178 valence electrons. The van der Waals surface area contributed by atoms with Crippen molar-refractivity contribution in [1.82, 2.24) is 24.1 Å². The number of benzene rings is 3. The minimum atomic E-state index is -3.60. The molecule has 2 aromatic heterocycles. The number of ether oxygens (including phenoxy) is 1. The summed E-state index contributed by atoms with van der Waals surface area (Å²) in [5.41, 5.74) is 3.86. The molecule has 0 aliphatic carbocycles. The molecule has 0 aliphatic heterocycles. The van der Waals surface area contributed by atoms with E-state index >= 15 is 0 Å². The van der Waals surface area contributed by atoms with Gasteiger partial charge in [0.15, 0.2) is 0 Å². The summed E-state index contributed by atoms with van der Waals surface area (Å²) in [6.07, 6.45) is 0. The predicted molar refractivity (Wildman–Crippen MR) is 136 cm³/mol. The van der Waals surface area contributed by atoms with Crippen molar-refractivity contribution < 1.29 is 13.2 Å². The number of fused-ring (bicyclic) bond motifs is 2.